The average Bonchev–Trinajstić information content (AvgIpc) is 2.75. The third kappa shape index (κ3) is 5.62. The normalized spacial score (nSPS) is 16.3. The van der Waals surface area contributed by atoms with Crippen LogP contribution in [-0.2, 0) is 0 Å². The SMILES string of the molecule is COc1cc(N)c(Cl)cc1C(=O)NCC1CCN(CC(O)c2ccc(F)cc2)CC1. The number of aliphatic hydroxyl groups excluding tert-OH is 1. The number of nitrogens with zero attached hydrogens (tertiary/aromatic N) is 1. The number of hydrogen-bond donors (Lipinski definition) is 3. The number of likely N-dealkylation sites (tertiary alicyclic amines) is 1. The molecule has 0 radical (unpaired) electrons. The van der Waals surface area contributed by atoms with Crippen LogP contribution in [-0.4, -0.2) is 49.2 Å². The van der Waals surface area contributed by atoms with Gasteiger partial charge in [0.25, 0.3) is 5.91 Å². The van der Waals surface area contributed by atoms with E-state index in [2.05, 4.69) is 10.2 Å². The van der Waals surface area contributed by atoms with E-state index in [9.17, 15) is 14.3 Å². The van der Waals surface area contributed by atoms with Crippen LogP contribution < -0.4 is 15.8 Å². The number of hydrogen-bond acceptors (Lipinski definition) is 5. The first-order valence-corrected chi connectivity index (χ1v) is 10.3. The Morgan fingerprint density at radius 3 is 2.63 bits per heavy atom. The molecular weight excluding hydrogens is 409 g/mol. The topological polar surface area (TPSA) is 87.8 Å². The van der Waals surface area contributed by atoms with Crippen LogP contribution >= 0.6 is 11.6 Å². The number of halogens is 2. The van der Waals surface area contributed by atoms with Crippen molar-refractivity contribution in [2.45, 2.75) is 18.9 Å². The van der Waals surface area contributed by atoms with Gasteiger partial charge in [-0.1, -0.05) is 23.7 Å². The van der Waals surface area contributed by atoms with Crippen LogP contribution in [0.2, 0.25) is 5.02 Å². The molecule has 0 aliphatic carbocycles. The van der Waals surface area contributed by atoms with Gasteiger partial charge in [-0.15, -0.1) is 0 Å². The van der Waals surface area contributed by atoms with Gasteiger partial charge in [-0.3, -0.25) is 4.79 Å². The second kappa shape index (κ2) is 10.1. The molecule has 1 heterocycles. The highest BCUT2D eigenvalue weighted by Gasteiger charge is 2.23. The minimum Gasteiger partial charge on any atom is -0.496 e. The van der Waals surface area contributed by atoms with Gasteiger partial charge in [-0.25, -0.2) is 4.39 Å². The maximum Gasteiger partial charge on any atom is 0.255 e. The number of carbonyl (C=O) groups excluding carboxylic acids is 1. The summed E-state index contributed by atoms with van der Waals surface area (Å²) >= 11 is 6.04. The van der Waals surface area contributed by atoms with Gasteiger partial charge in [0.05, 0.1) is 29.5 Å². The van der Waals surface area contributed by atoms with Crippen molar-refractivity contribution in [1.82, 2.24) is 10.2 Å². The summed E-state index contributed by atoms with van der Waals surface area (Å²) in [6.45, 7) is 2.72. The fourth-order valence-electron chi connectivity index (χ4n) is 3.66. The number of rotatable bonds is 7. The molecule has 30 heavy (non-hydrogen) atoms. The summed E-state index contributed by atoms with van der Waals surface area (Å²) < 4.78 is 18.3. The van der Waals surface area contributed by atoms with Crippen LogP contribution in [0.3, 0.4) is 0 Å². The molecule has 1 atom stereocenters. The lowest BCUT2D eigenvalue weighted by molar-refractivity contribution is 0.0851. The minimum absolute atomic E-state index is 0.247. The monoisotopic (exact) mass is 435 g/mol. The second-order valence-electron chi connectivity index (χ2n) is 7.60. The van der Waals surface area contributed by atoms with Crippen LogP contribution in [0.1, 0.15) is 34.9 Å². The largest absolute Gasteiger partial charge is 0.496 e. The molecule has 1 saturated heterocycles. The maximum atomic E-state index is 13.0. The summed E-state index contributed by atoms with van der Waals surface area (Å²) in [5.41, 5.74) is 7.19. The first-order chi connectivity index (χ1) is 14.4. The lowest BCUT2D eigenvalue weighted by Crippen LogP contribution is -2.40. The molecule has 162 valence electrons. The summed E-state index contributed by atoms with van der Waals surface area (Å²) in [7, 11) is 1.48. The van der Waals surface area contributed by atoms with Crippen molar-refractivity contribution in [2.24, 2.45) is 5.92 Å². The van der Waals surface area contributed by atoms with Gasteiger partial charge < -0.3 is 25.8 Å². The minimum atomic E-state index is -0.649. The summed E-state index contributed by atoms with van der Waals surface area (Å²) in [6.07, 6.45) is 1.18. The number of nitrogen functional groups attached to an aromatic ring is 1. The molecule has 1 amide bonds. The first-order valence-electron chi connectivity index (χ1n) is 9.94. The van der Waals surface area contributed by atoms with Crippen LogP contribution in [0.5, 0.6) is 5.75 Å². The number of anilines is 1. The lowest BCUT2D eigenvalue weighted by atomic mass is 9.96. The zero-order chi connectivity index (χ0) is 21.7. The molecule has 2 aromatic rings. The molecule has 1 aliphatic rings. The van der Waals surface area contributed by atoms with E-state index in [1.807, 2.05) is 0 Å². The summed E-state index contributed by atoms with van der Waals surface area (Å²) in [5.74, 6) is 0.179. The third-order valence-electron chi connectivity index (χ3n) is 5.51. The number of methoxy groups -OCH3 is 1. The van der Waals surface area contributed by atoms with Crippen LogP contribution in [0.4, 0.5) is 10.1 Å². The van der Waals surface area contributed by atoms with Gasteiger partial charge in [0.2, 0.25) is 0 Å². The number of ether oxygens (including phenoxy) is 1. The molecule has 3 rings (SSSR count). The number of carbonyl (C=O) groups is 1. The zero-order valence-electron chi connectivity index (χ0n) is 16.9. The molecule has 2 aromatic carbocycles. The Morgan fingerprint density at radius 2 is 2.00 bits per heavy atom. The van der Waals surface area contributed by atoms with E-state index < -0.39 is 6.10 Å². The van der Waals surface area contributed by atoms with Gasteiger partial charge in [0, 0.05) is 19.2 Å². The molecule has 1 fully saturated rings. The zero-order valence-corrected chi connectivity index (χ0v) is 17.7. The molecule has 4 N–H and O–H groups in total. The highest BCUT2D eigenvalue weighted by Crippen LogP contribution is 2.29. The van der Waals surface area contributed by atoms with Gasteiger partial charge in [-0.05, 0) is 55.6 Å². The van der Waals surface area contributed by atoms with E-state index in [0.717, 1.165) is 25.9 Å². The highest BCUT2D eigenvalue weighted by molar-refractivity contribution is 6.33. The van der Waals surface area contributed by atoms with Crippen molar-refractivity contribution >= 4 is 23.2 Å². The Bertz CT molecular complexity index is 871. The number of piperidine rings is 1. The Labute approximate surface area is 180 Å². The summed E-state index contributed by atoms with van der Waals surface area (Å²) in [6, 6.07) is 9.00. The van der Waals surface area contributed by atoms with Crippen LogP contribution in [0, 0.1) is 11.7 Å². The van der Waals surface area contributed by atoms with Crippen molar-refractivity contribution in [3.8, 4) is 5.75 Å². The molecule has 0 aromatic heterocycles. The predicted octanol–water partition coefficient (Wildman–Crippen LogP) is 3.25. The van der Waals surface area contributed by atoms with Gasteiger partial charge in [0.1, 0.15) is 11.6 Å². The van der Waals surface area contributed by atoms with Crippen molar-refractivity contribution in [3.63, 3.8) is 0 Å². The Kier molecular flexibility index (Phi) is 7.53. The standard InChI is InChI=1S/C22H27ClFN3O3/c1-30-21-11-19(25)18(23)10-17(21)22(29)26-12-14-6-8-27(9-7-14)13-20(28)15-2-4-16(24)5-3-15/h2-5,10-11,14,20,28H,6-9,12-13,25H2,1H3,(H,26,29). The second-order valence-corrected chi connectivity index (χ2v) is 8.00. The van der Waals surface area contributed by atoms with Crippen LogP contribution in [0.25, 0.3) is 0 Å². The Morgan fingerprint density at radius 1 is 1.33 bits per heavy atom. The van der Waals surface area contributed by atoms with E-state index in [1.54, 1.807) is 18.2 Å². The highest BCUT2D eigenvalue weighted by atomic mass is 35.5. The van der Waals surface area contributed by atoms with E-state index in [-0.39, 0.29) is 11.7 Å². The van der Waals surface area contributed by atoms with E-state index in [4.69, 9.17) is 22.1 Å². The molecule has 1 aliphatic heterocycles. The van der Waals surface area contributed by atoms with Gasteiger partial charge >= 0.3 is 0 Å². The number of aliphatic hydroxyl groups is 1. The number of nitrogens with one attached hydrogen (secondary N) is 1. The van der Waals surface area contributed by atoms with Crippen molar-refractivity contribution in [1.29, 1.82) is 0 Å². The predicted molar refractivity (Wildman–Crippen MR) is 115 cm³/mol. The first kappa shape index (κ1) is 22.3. The molecule has 0 spiro atoms. The molecule has 0 bridgehead atoms. The average molecular weight is 436 g/mol. The number of amides is 1. The number of benzene rings is 2. The maximum absolute atomic E-state index is 13.0. The van der Waals surface area contributed by atoms with Crippen molar-refractivity contribution in [2.75, 3.05) is 39.0 Å². The van der Waals surface area contributed by atoms with E-state index >= 15 is 0 Å². The molecule has 8 heteroatoms. The number of nitrogens with two attached hydrogens (primary N) is 1. The van der Waals surface area contributed by atoms with Crippen LogP contribution in [0.15, 0.2) is 36.4 Å². The van der Waals surface area contributed by atoms with E-state index in [1.165, 1.54) is 25.3 Å². The number of β-amino-alcohol motifs (C(OH)–C–C–N with tert-alkyl or cyclic N) is 1. The van der Waals surface area contributed by atoms with Crippen molar-refractivity contribution in [3.05, 3.63) is 58.4 Å². The lowest BCUT2D eigenvalue weighted by Gasteiger charge is -2.33. The fraction of sp³-hybridized carbons (Fsp3) is 0.409. The molecular formula is C22H27ClFN3O3. The van der Waals surface area contributed by atoms with Gasteiger partial charge in [0.15, 0.2) is 0 Å². The fourth-order valence-corrected chi connectivity index (χ4v) is 3.82. The van der Waals surface area contributed by atoms with Crippen molar-refractivity contribution < 1.29 is 19.0 Å². The summed E-state index contributed by atoms with van der Waals surface area (Å²) in [5, 5.41) is 13.6. The molecule has 6 nitrogen and oxygen atoms in total. The Hall–Kier alpha value is -2.35. The van der Waals surface area contributed by atoms with E-state index in [0.29, 0.717) is 46.6 Å². The van der Waals surface area contributed by atoms with Gasteiger partial charge in [-0.2, -0.15) is 0 Å². The smallest absolute Gasteiger partial charge is 0.255 e. The third-order valence-corrected chi connectivity index (χ3v) is 5.84. The Balaban J connectivity index is 1.46. The molecule has 0 saturated carbocycles. The summed E-state index contributed by atoms with van der Waals surface area (Å²) in [4.78, 5) is 14.8. The molecule has 1 unspecified atom stereocenters. The quantitative estimate of drug-likeness (QED) is 0.581.